The molecule has 7 heteroatoms. The summed E-state index contributed by atoms with van der Waals surface area (Å²) in [5.74, 6) is -0.190. The third-order valence-corrected chi connectivity index (χ3v) is 7.55. The standard InChI is InChI=1S/C28H31ClN2O3S/c1-3-34-17-4-15-30(28(33)22-7-5-20(2)6-8-22)19-26(32)31-16-13-25-24(14-18-35-25)27(31)21-9-11-23(29)12-10-21/h5-12,14,18,27H,3-4,13,15-17,19H2,1-2H3. The summed E-state index contributed by atoms with van der Waals surface area (Å²) >= 11 is 7.87. The normalized spacial score (nSPS) is 15.1. The first-order chi connectivity index (χ1) is 17.0. The summed E-state index contributed by atoms with van der Waals surface area (Å²) in [7, 11) is 0. The molecule has 184 valence electrons. The summed E-state index contributed by atoms with van der Waals surface area (Å²) in [5.41, 5.74) is 3.86. The summed E-state index contributed by atoms with van der Waals surface area (Å²) < 4.78 is 5.48. The maximum atomic E-state index is 13.7. The third kappa shape index (κ3) is 6.13. The molecule has 0 fully saturated rings. The van der Waals surface area contributed by atoms with Gasteiger partial charge in [-0.3, -0.25) is 9.59 Å². The molecule has 2 amide bonds. The zero-order chi connectivity index (χ0) is 24.8. The fourth-order valence-electron chi connectivity index (χ4n) is 4.48. The molecule has 3 aromatic rings. The number of fused-ring (bicyclic) bond motifs is 1. The number of nitrogens with zero attached hydrogens (tertiary/aromatic N) is 2. The van der Waals surface area contributed by atoms with Crippen molar-refractivity contribution in [3.63, 3.8) is 0 Å². The van der Waals surface area contributed by atoms with E-state index in [1.165, 1.54) is 4.88 Å². The first-order valence-corrected chi connectivity index (χ1v) is 13.3. The van der Waals surface area contributed by atoms with Gasteiger partial charge in [0.15, 0.2) is 0 Å². The number of hydrogen-bond acceptors (Lipinski definition) is 4. The second kappa shape index (κ2) is 11.8. The number of thiophene rings is 1. The first-order valence-electron chi connectivity index (χ1n) is 12.0. The second-order valence-electron chi connectivity index (χ2n) is 8.73. The van der Waals surface area contributed by atoms with Crippen molar-refractivity contribution in [1.82, 2.24) is 9.80 Å². The Labute approximate surface area is 216 Å². The van der Waals surface area contributed by atoms with Crippen molar-refractivity contribution in [2.24, 2.45) is 0 Å². The van der Waals surface area contributed by atoms with Gasteiger partial charge in [-0.25, -0.2) is 0 Å². The van der Waals surface area contributed by atoms with Crippen LogP contribution >= 0.6 is 22.9 Å². The van der Waals surface area contributed by atoms with Gasteiger partial charge >= 0.3 is 0 Å². The van der Waals surface area contributed by atoms with E-state index in [0.717, 1.165) is 23.1 Å². The van der Waals surface area contributed by atoms with E-state index in [1.807, 2.05) is 67.3 Å². The molecule has 0 radical (unpaired) electrons. The lowest BCUT2D eigenvalue weighted by atomic mass is 9.93. The van der Waals surface area contributed by atoms with Crippen molar-refractivity contribution in [3.8, 4) is 0 Å². The molecule has 2 aromatic carbocycles. The molecule has 2 heterocycles. The van der Waals surface area contributed by atoms with Crippen LogP contribution in [0.25, 0.3) is 0 Å². The number of carbonyl (C=O) groups is 2. The first kappa shape index (κ1) is 25.4. The summed E-state index contributed by atoms with van der Waals surface area (Å²) in [6.07, 6.45) is 1.49. The molecule has 4 rings (SSSR count). The van der Waals surface area contributed by atoms with Crippen molar-refractivity contribution in [3.05, 3.63) is 92.1 Å². The maximum Gasteiger partial charge on any atom is 0.254 e. The molecule has 1 atom stereocenters. The molecule has 1 unspecified atom stereocenters. The highest BCUT2D eigenvalue weighted by Gasteiger charge is 2.34. The van der Waals surface area contributed by atoms with Crippen LogP contribution < -0.4 is 0 Å². The van der Waals surface area contributed by atoms with Crippen LogP contribution in [-0.2, 0) is 16.0 Å². The van der Waals surface area contributed by atoms with Crippen molar-refractivity contribution in [2.45, 2.75) is 32.7 Å². The highest BCUT2D eigenvalue weighted by Crippen LogP contribution is 2.38. The van der Waals surface area contributed by atoms with Gasteiger partial charge in [0.25, 0.3) is 5.91 Å². The zero-order valence-electron chi connectivity index (χ0n) is 20.2. The van der Waals surface area contributed by atoms with E-state index >= 15 is 0 Å². The fourth-order valence-corrected chi connectivity index (χ4v) is 5.51. The SMILES string of the molecule is CCOCCCN(CC(=O)N1CCc2sccc2C1c1ccc(Cl)cc1)C(=O)c1ccc(C)cc1. The zero-order valence-corrected chi connectivity index (χ0v) is 21.8. The number of amides is 2. The molecular weight excluding hydrogens is 480 g/mol. The Morgan fingerprint density at radius 1 is 1.11 bits per heavy atom. The summed E-state index contributed by atoms with van der Waals surface area (Å²) in [4.78, 5) is 32.0. The minimum Gasteiger partial charge on any atom is -0.382 e. The summed E-state index contributed by atoms with van der Waals surface area (Å²) in [6.45, 7) is 6.23. The number of aryl methyl sites for hydroxylation is 1. The number of ether oxygens (including phenoxy) is 1. The number of hydrogen-bond donors (Lipinski definition) is 0. The van der Waals surface area contributed by atoms with E-state index in [9.17, 15) is 9.59 Å². The average Bonchev–Trinajstić information content (AvgIpc) is 3.35. The molecule has 0 saturated carbocycles. The summed E-state index contributed by atoms with van der Waals surface area (Å²) in [6, 6.07) is 17.1. The average molecular weight is 511 g/mol. The lowest BCUT2D eigenvalue weighted by Crippen LogP contribution is -2.47. The van der Waals surface area contributed by atoms with Crippen LogP contribution in [0.3, 0.4) is 0 Å². The number of benzene rings is 2. The maximum absolute atomic E-state index is 13.7. The fraction of sp³-hybridized carbons (Fsp3) is 0.357. The second-order valence-corrected chi connectivity index (χ2v) is 10.2. The van der Waals surface area contributed by atoms with Crippen LogP contribution in [0.4, 0.5) is 0 Å². The Hall–Kier alpha value is -2.67. The van der Waals surface area contributed by atoms with Gasteiger partial charge < -0.3 is 14.5 Å². The van der Waals surface area contributed by atoms with Gasteiger partial charge in [0.05, 0.1) is 6.04 Å². The highest BCUT2D eigenvalue weighted by molar-refractivity contribution is 7.10. The molecule has 1 aliphatic rings. The van der Waals surface area contributed by atoms with Gasteiger partial charge in [-0.1, -0.05) is 41.4 Å². The minimum atomic E-state index is -0.186. The molecule has 0 N–H and O–H groups in total. The van der Waals surface area contributed by atoms with Crippen molar-refractivity contribution < 1.29 is 14.3 Å². The van der Waals surface area contributed by atoms with E-state index in [4.69, 9.17) is 16.3 Å². The van der Waals surface area contributed by atoms with Crippen LogP contribution in [-0.4, -0.2) is 54.5 Å². The molecule has 5 nitrogen and oxygen atoms in total. The third-order valence-electron chi connectivity index (χ3n) is 6.30. The Bertz CT molecular complexity index is 1140. The topological polar surface area (TPSA) is 49.9 Å². The van der Waals surface area contributed by atoms with Gasteiger partial charge in [0.2, 0.25) is 5.91 Å². The van der Waals surface area contributed by atoms with Crippen LogP contribution in [0, 0.1) is 6.92 Å². The molecular formula is C28H31ClN2O3S. The highest BCUT2D eigenvalue weighted by atomic mass is 35.5. The lowest BCUT2D eigenvalue weighted by molar-refractivity contribution is -0.134. The van der Waals surface area contributed by atoms with Crippen molar-refractivity contribution in [2.75, 3.05) is 32.8 Å². The Balaban J connectivity index is 1.57. The van der Waals surface area contributed by atoms with Gasteiger partial charge in [-0.15, -0.1) is 11.3 Å². The van der Waals surface area contributed by atoms with Gasteiger partial charge in [0.1, 0.15) is 6.54 Å². The number of rotatable bonds is 9. The van der Waals surface area contributed by atoms with Crippen LogP contribution in [0.1, 0.15) is 51.3 Å². The smallest absolute Gasteiger partial charge is 0.254 e. The molecule has 0 bridgehead atoms. The molecule has 1 aliphatic heterocycles. The molecule has 0 spiro atoms. The van der Waals surface area contributed by atoms with Crippen molar-refractivity contribution in [1.29, 1.82) is 0 Å². The predicted molar refractivity (Wildman–Crippen MR) is 141 cm³/mol. The van der Waals surface area contributed by atoms with Gasteiger partial charge in [-0.05, 0) is 73.5 Å². The van der Waals surface area contributed by atoms with Crippen LogP contribution in [0.5, 0.6) is 0 Å². The van der Waals surface area contributed by atoms with E-state index in [-0.39, 0.29) is 24.4 Å². The lowest BCUT2D eigenvalue weighted by Gasteiger charge is -2.37. The van der Waals surface area contributed by atoms with Crippen LogP contribution in [0.2, 0.25) is 5.02 Å². The number of halogens is 1. The molecule has 0 saturated heterocycles. The molecule has 35 heavy (non-hydrogen) atoms. The number of carbonyl (C=O) groups excluding carboxylic acids is 2. The van der Waals surface area contributed by atoms with Crippen molar-refractivity contribution >= 4 is 34.8 Å². The van der Waals surface area contributed by atoms with Crippen LogP contribution in [0.15, 0.2) is 60.0 Å². The van der Waals surface area contributed by atoms with E-state index in [0.29, 0.717) is 43.3 Å². The molecule has 1 aromatic heterocycles. The van der Waals surface area contributed by atoms with E-state index < -0.39 is 0 Å². The summed E-state index contributed by atoms with van der Waals surface area (Å²) in [5, 5.41) is 2.75. The van der Waals surface area contributed by atoms with Gasteiger partial charge in [-0.2, -0.15) is 0 Å². The van der Waals surface area contributed by atoms with E-state index in [1.54, 1.807) is 16.2 Å². The van der Waals surface area contributed by atoms with E-state index in [2.05, 4.69) is 11.4 Å². The van der Waals surface area contributed by atoms with Gasteiger partial charge in [0, 0.05) is 41.8 Å². The Morgan fingerprint density at radius 3 is 2.57 bits per heavy atom. The quantitative estimate of drug-likeness (QED) is 0.344. The largest absolute Gasteiger partial charge is 0.382 e. The predicted octanol–water partition coefficient (Wildman–Crippen LogP) is 5.75. The Kier molecular flexibility index (Phi) is 8.60. The molecule has 0 aliphatic carbocycles. The Morgan fingerprint density at radius 2 is 1.86 bits per heavy atom. The monoisotopic (exact) mass is 510 g/mol. The minimum absolute atomic E-state index is 0.0302.